The third kappa shape index (κ3) is 3.79. The Balaban J connectivity index is 1.86. The van der Waals surface area contributed by atoms with Gasteiger partial charge in [0, 0.05) is 17.8 Å². The van der Waals surface area contributed by atoms with Crippen molar-refractivity contribution in [1.82, 2.24) is 10.9 Å². The maximum absolute atomic E-state index is 11.8. The highest BCUT2D eigenvalue weighted by Gasteiger charge is 2.11. The van der Waals surface area contributed by atoms with Crippen LogP contribution in [0.1, 0.15) is 16.1 Å². The number of non-ortho nitro benzene ring substituents is 1. The molecule has 0 aliphatic rings. The van der Waals surface area contributed by atoms with Crippen molar-refractivity contribution in [2.75, 3.05) is 5.32 Å². The molecule has 2 rings (SSSR count). The summed E-state index contributed by atoms with van der Waals surface area (Å²) in [6, 6.07) is 7.25. The van der Waals surface area contributed by atoms with E-state index in [1.54, 1.807) is 13.0 Å². The van der Waals surface area contributed by atoms with Gasteiger partial charge in [0.15, 0.2) is 5.11 Å². The molecule has 0 saturated carbocycles. The topological polar surface area (TPSA) is 109 Å². The standard InChI is InChI=1S/C13H12N4O4S/c1-8-11(6-7-21-8)12(18)15-16-13(22)14-9-2-4-10(5-3-9)17(19)20/h2-7H,1H3,(H,15,18)(H2,14,16,22). The third-order valence-corrected chi connectivity index (χ3v) is 2.93. The lowest BCUT2D eigenvalue weighted by atomic mass is 10.2. The number of hydrogen-bond acceptors (Lipinski definition) is 5. The van der Waals surface area contributed by atoms with Crippen molar-refractivity contribution in [3.63, 3.8) is 0 Å². The Morgan fingerprint density at radius 1 is 1.23 bits per heavy atom. The number of carbonyl (C=O) groups excluding carboxylic acids is 1. The van der Waals surface area contributed by atoms with Gasteiger partial charge in [0.25, 0.3) is 11.6 Å². The minimum Gasteiger partial charge on any atom is -0.469 e. The zero-order valence-corrected chi connectivity index (χ0v) is 12.3. The van der Waals surface area contributed by atoms with Crippen molar-refractivity contribution >= 4 is 34.6 Å². The van der Waals surface area contributed by atoms with Crippen LogP contribution in [0.5, 0.6) is 0 Å². The van der Waals surface area contributed by atoms with Gasteiger partial charge in [-0.1, -0.05) is 0 Å². The number of carbonyl (C=O) groups is 1. The van der Waals surface area contributed by atoms with E-state index in [0.29, 0.717) is 17.0 Å². The van der Waals surface area contributed by atoms with E-state index in [2.05, 4.69) is 16.2 Å². The van der Waals surface area contributed by atoms with Crippen LogP contribution in [0.15, 0.2) is 41.0 Å². The van der Waals surface area contributed by atoms with E-state index in [4.69, 9.17) is 16.6 Å². The Morgan fingerprint density at radius 3 is 2.45 bits per heavy atom. The monoisotopic (exact) mass is 320 g/mol. The average Bonchev–Trinajstić information content (AvgIpc) is 2.91. The van der Waals surface area contributed by atoms with Gasteiger partial charge in [-0.2, -0.15) is 0 Å². The number of nitrogens with zero attached hydrogens (tertiary/aromatic N) is 1. The van der Waals surface area contributed by atoms with Gasteiger partial charge < -0.3 is 9.73 Å². The second-order valence-electron chi connectivity index (χ2n) is 4.23. The minimum absolute atomic E-state index is 0.0202. The molecule has 1 aromatic heterocycles. The van der Waals surface area contributed by atoms with Crippen molar-refractivity contribution in [3.8, 4) is 0 Å². The fourth-order valence-electron chi connectivity index (χ4n) is 1.63. The van der Waals surface area contributed by atoms with Gasteiger partial charge in [-0.3, -0.25) is 25.8 Å². The summed E-state index contributed by atoms with van der Waals surface area (Å²) in [5.41, 5.74) is 5.87. The number of hydrazine groups is 1. The molecule has 1 aromatic carbocycles. The van der Waals surface area contributed by atoms with Crippen LogP contribution >= 0.6 is 12.2 Å². The normalized spacial score (nSPS) is 9.86. The van der Waals surface area contributed by atoms with Gasteiger partial charge in [-0.05, 0) is 37.3 Å². The number of hydrogen-bond donors (Lipinski definition) is 3. The Morgan fingerprint density at radius 2 is 1.91 bits per heavy atom. The summed E-state index contributed by atoms with van der Waals surface area (Å²) in [6.07, 6.45) is 1.41. The molecule has 0 fully saturated rings. The Kier molecular flexibility index (Phi) is 4.69. The predicted molar refractivity (Wildman–Crippen MR) is 83.4 cm³/mol. The quantitative estimate of drug-likeness (QED) is 0.451. The average molecular weight is 320 g/mol. The molecule has 22 heavy (non-hydrogen) atoms. The van der Waals surface area contributed by atoms with Crippen LogP contribution in [0.4, 0.5) is 11.4 Å². The third-order valence-electron chi connectivity index (χ3n) is 2.73. The molecule has 1 amide bonds. The summed E-state index contributed by atoms with van der Waals surface area (Å²) in [7, 11) is 0. The molecule has 0 bridgehead atoms. The highest BCUT2D eigenvalue weighted by Crippen LogP contribution is 2.15. The summed E-state index contributed by atoms with van der Waals surface area (Å²) >= 11 is 5.01. The van der Waals surface area contributed by atoms with Crippen LogP contribution in [0.2, 0.25) is 0 Å². The number of rotatable bonds is 3. The SMILES string of the molecule is Cc1occc1C(=O)NNC(=S)Nc1ccc([N+](=O)[O-])cc1. The first-order valence-electron chi connectivity index (χ1n) is 6.13. The highest BCUT2D eigenvalue weighted by molar-refractivity contribution is 7.80. The second-order valence-corrected chi connectivity index (χ2v) is 4.64. The van der Waals surface area contributed by atoms with Crippen LogP contribution in [-0.4, -0.2) is 15.9 Å². The minimum atomic E-state index is -0.492. The Bertz CT molecular complexity index is 711. The number of benzene rings is 1. The molecule has 2 aromatic rings. The number of aryl methyl sites for hydroxylation is 1. The molecule has 0 aliphatic carbocycles. The van der Waals surface area contributed by atoms with E-state index < -0.39 is 4.92 Å². The maximum Gasteiger partial charge on any atom is 0.273 e. The summed E-state index contributed by atoms with van der Waals surface area (Å²) < 4.78 is 5.03. The van der Waals surface area contributed by atoms with Gasteiger partial charge >= 0.3 is 0 Å². The zero-order valence-electron chi connectivity index (χ0n) is 11.5. The highest BCUT2D eigenvalue weighted by atomic mass is 32.1. The first-order valence-corrected chi connectivity index (χ1v) is 6.54. The van der Waals surface area contributed by atoms with Crippen LogP contribution < -0.4 is 16.2 Å². The van der Waals surface area contributed by atoms with Crippen LogP contribution in [0.25, 0.3) is 0 Å². The Hall–Kier alpha value is -2.94. The number of nitro groups is 1. The summed E-state index contributed by atoms with van der Waals surface area (Å²) in [5, 5.41) is 13.5. The van der Waals surface area contributed by atoms with Crippen molar-refractivity contribution in [2.24, 2.45) is 0 Å². The Labute approximate surface area is 130 Å². The molecule has 8 nitrogen and oxygen atoms in total. The number of furan rings is 1. The van der Waals surface area contributed by atoms with Crippen molar-refractivity contribution < 1.29 is 14.1 Å². The number of amides is 1. The predicted octanol–water partition coefficient (Wildman–Crippen LogP) is 2.13. The van der Waals surface area contributed by atoms with Crippen LogP contribution in [0, 0.1) is 17.0 Å². The molecule has 0 radical (unpaired) electrons. The fourth-order valence-corrected chi connectivity index (χ4v) is 1.80. The molecular weight excluding hydrogens is 308 g/mol. The van der Waals surface area contributed by atoms with Gasteiger partial charge in [0.2, 0.25) is 0 Å². The van der Waals surface area contributed by atoms with Crippen LogP contribution in [0.3, 0.4) is 0 Å². The number of nitrogens with one attached hydrogen (secondary N) is 3. The molecule has 3 N–H and O–H groups in total. The molecule has 0 aliphatic heterocycles. The number of nitro benzene ring substituents is 1. The smallest absolute Gasteiger partial charge is 0.273 e. The molecule has 9 heteroatoms. The summed E-state index contributed by atoms with van der Waals surface area (Å²) in [5.74, 6) is 0.104. The van der Waals surface area contributed by atoms with Gasteiger partial charge in [-0.25, -0.2) is 0 Å². The summed E-state index contributed by atoms with van der Waals surface area (Å²) in [6.45, 7) is 1.67. The van der Waals surface area contributed by atoms with Gasteiger partial charge in [0.05, 0.1) is 16.7 Å². The number of anilines is 1. The van der Waals surface area contributed by atoms with E-state index >= 15 is 0 Å². The molecule has 0 atom stereocenters. The lowest BCUT2D eigenvalue weighted by Crippen LogP contribution is -2.43. The zero-order chi connectivity index (χ0) is 16.1. The van der Waals surface area contributed by atoms with E-state index in [-0.39, 0.29) is 16.7 Å². The molecular formula is C13H12N4O4S. The van der Waals surface area contributed by atoms with Gasteiger partial charge in [-0.15, -0.1) is 0 Å². The first kappa shape index (κ1) is 15.4. The molecule has 0 unspecified atom stereocenters. The summed E-state index contributed by atoms with van der Waals surface area (Å²) in [4.78, 5) is 21.9. The number of thiocarbonyl (C=S) groups is 1. The lowest BCUT2D eigenvalue weighted by molar-refractivity contribution is -0.384. The van der Waals surface area contributed by atoms with Crippen molar-refractivity contribution in [2.45, 2.75) is 6.92 Å². The van der Waals surface area contributed by atoms with Crippen molar-refractivity contribution in [3.05, 3.63) is 58.0 Å². The van der Waals surface area contributed by atoms with E-state index in [1.165, 1.54) is 30.5 Å². The second kappa shape index (κ2) is 6.68. The van der Waals surface area contributed by atoms with E-state index in [9.17, 15) is 14.9 Å². The van der Waals surface area contributed by atoms with E-state index in [0.717, 1.165) is 0 Å². The fraction of sp³-hybridized carbons (Fsp3) is 0.0769. The van der Waals surface area contributed by atoms with Crippen LogP contribution in [-0.2, 0) is 0 Å². The molecule has 0 spiro atoms. The molecule has 114 valence electrons. The van der Waals surface area contributed by atoms with Crippen molar-refractivity contribution in [1.29, 1.82) is 0 Å². The van der Waals surface area contributed by atoms with E-state index in [1.807, 2.05) is 0 Å². The lowest BCUT2D eigenvalue weighted by Gasteiger charge is -2.11. The molecule has 0 saturated heterocycles. The van der Waals surface area contributed by atoms with Gasteiger partial charge in [0.1, 0.15) is 5.76 Å². The maximum atomic E-state index is 11.8. The largest absolute Gasteiger partial charge is 0.469 e. The first-order chi connectivity index (χ1) is 10.5. The molecule has 1 heterocycles.